The molecule has 0 amide bonds. The first-order valence-corrected chi connectivity index (χ1v) is 4.17. The molecular weight excluding hydrogens is 236 g/mol. The summed E-state index contributed by atoms with van der Waals surface area (Å²) in [5.74, 6) is -0.0528. The van der Waals surface area contributed by atoms with Crippen LogP contribution in [0.15, 0.2) is 12.1 Å². The van der Waals surface area contributed by atoms with Gasteiger partial charge in [-0.3, -0.25) is 0 Å². The predicted octanol–water partition coefficient (Wildman–Crippen LogP) is 1.83. The number of ether oxygens (including phenoxy) is 3. The largest absolute Gasteiger partial charge is 0.496 e. The van der Waals surface area contributed by atoms with Crippen LogP contribution in [-0.2, 0) is 0 Å². The van der Waals surface area contributed by atoms with Crippen LogP contribution in [0.25, 0.3) is 0 Å². The van der Waals surface area contributed by atoms with E-state index in [0.29, 0.717) is 11.5 Å². The molecule has 0 saturated heterocycles. The third-order valence-electron chi connectivity index (χ3n) is 1.94. The van der Waals surface area contributed by atoms with Crippen molar-refractivity contribution in [1.29, 1.82) is 0 Å². The first-order valence-electron chi connectivity index (χ1n) is 4.17. The fraction of sp³-hybridized carbons (Fsp3) is 0.300. The Bertz CT molecular complexity index is 378. The van der Waals surface area contributed by atoms with Gasteiger partial charge in [0.05, 0.1) is 21.3 Å². The highest BCUT2D eigenvalue weighted by molar-refractivity contribution is 5.92. The number of rotatable bonds is 4. The quantitative estimate of drug-likeness (QED) is 0.881. The Morgan fingerprint density at radius 1 is 1.00 bits per heavy atom. The van der Waals surface area contributed by atoms with Crippen LogP contribution in [0.1, 0.15) is 10.4 Å². The van der Waals surface area contributed by atoms with E-state index < -0.39 is 5.97 Å². The predicted molar refractivity (Wildman–Crippen MR) is 60.3 cm³/mol. The second kappa shape index (κ2) is 6.07. The summed E-state index contributed by atoms with van der Waals surface area (Å²) in [6.45, 7) is 0. The molecule has 0 aliphatic rings. The van der Waals surface area contributed by atoms with Gasteiger partial charge < -0.3 is 19.3 Å². The van der Waals surface area contributed by atoms with E-state index in [-0.39, 0.29) is 23.7 Å². The van der Waals surface area contributed by atoms with E-state index in [2.05, 4.69) is 0 Å². The summed E-state index contributed by atoms with van der Waals surface area (Å²) >= 11 is 0. The first kappa shape index (κ1) is 14.4. The lowest BCUT2D eigenvalue weighted by Gasteiger charge is -2.11. The molecule has 0 heterocycles. The Labute approximate surface area is 99.3 Å². The number of carboxylic acids is 1. The molecule has 5 nitrogen and oxygen atoms in total. The Balaban J connectivity index is 0.00000225. The molecule has 6 heteroatoms. The molecule has 0 radical (unpaired) electrons. The van der Waals surface area contributed by atoms with Crippen LogP contribution >= 0.6 is 12.4 Å². The van der Waals surface area contributed by atoms with Gasteiger partial charge in [0.15, 0.2) is 11.5 Å². The van der Waals surface area contributed by atoms with Crippen LogP contribution in [0.2, 0.25) is 0 Å². The molecule has 0 spiro atoms. The minimum Gasteiger partial charge on any atom is -0.496 e. The lowest BCUT2D eigenvalue weighted by Crippen LogP contribution is -2.02. The van der Waals surface area contributed by atoms with E-state index in [4.69, 9.17) is 19.3 Å². The number of carboxylic acid groups (broad SMARTS) is 1. The molecule has 1 rings (SSSR count). The highest BCUT2D eigenvalue weighted by Gasteiger charge is 2.16. The lowest BCUT2D eigenvalue weighted by molar-refractivity contribution is 0.0693. The second-order valence-corrected chi connectivity index (χ2v) is 2.71. The van der Waals surface area contributed by atoms with Crippen molar-refractivity contribution in [2.45, 2.75) is 0 Å². The van der Waals surface area contributed by atoms with Gasteiger partial charge >= 0.3 is 5.97 Å². The number of halogens is 1. The second-order valence-electron chi connectivity index (χ2n) is 2.71. The first-order chi connectivity index (χ1) is 7.13. The summed E-state index contributed by atoms with van der Waals surface area (Å²) < 4.78 is 14.9. The molecule has 0 fully saturated rings. The van der Waals surface area contributed by atoms with Crippen molar-refractivity contribution in [2.24, 2.45) is 0 Å². The van der Waals surface area contributed by atoms with Crippen LogP contribution < -0.4 is 14.2 Å². The van der Waals surface area contributed by atoms with Crippen LogP contribution in [-0.4, -0.2) is 32.4 Å². The molecular formula is C10H13ClO5. The van der Waals surface area contributed by atoms with Crippen LogP contribution in [0.3, 0.4) is 0 Å². The van der Waals surface area contributed by atoms with Crippen molar-refractivity contribution >= 4 is 18.4 Å². The van der Waals surface area contributed by atoms with Gasteiger partial charge in [-0.2, -0.15) is 0 Å². The van der Waals surface area contributed by atoms with E-state index in [1.54, 1.807) is 0 Å². The van der Waals surface area contributed by atoms with Gasteiger partial charge in [0.25, 0.3) is 0 Å². The summed E-state index contributed by atoms with van der Waals surface area (Å²) in [5, 5.41) is 8.90. The third-order valence-corrected chi connectivity index (χ3v) is 1.94. The maximum atomic E-state index is 10.9. The van der Waals surface area contributed by atoms with E-state index in [9.17, 15) is 4.79 Å². The Hall–Kier alpha value is -1.62. The van der Waals surface area contributed by atoms with Crippen molar-refractivity contribution < 1.29 is 24.1 Å². The monoisotopic (exact) mass is 248 g/mol. The van der Waals surface area contributed by atoms with Crippen molar-refractivity contribution in [1.82, 2.24) is 0 Å². The summed E-state index contributed by atoms with van der Waals surface area (Å²) in [7, 11) is 4.31. The normalized spacial score (nSPS) is 8.94. The topological polar surface area (TPSA) is 65.0 Å². The van der Waals surface area contributed by atoms with E-state index in [0.717, 1.165) is 0 Å². The molecule has 0 atom stereocenters. The van der Waals surface area contributed by atoms with Crippen LogP contribution in [0.5, 0.6) is 17.2 Å². The number of hydrogen-bond donors (Lipinski definition) is 1. The summed E-state index contributed by atoms with van der Waals surface area (Å²) in [4.78, 5) is 10.9. The molecule has 1 aromatic carbocycles. The van der Waals surface area contributed by atoms with E-state index in [1.165, 1.54) is 33.5 Å². The van der Waals surface area contributed by atoms with Gasteiger partial charge in [-0.1, -0.05) is 0 Å². The molecule has 1 aromatic rings. The maximum Gasteiger partial charge on any atom is 0.339 e. The summed E-state index contributed by atoms with van der Waals surface area (Å²) in [6.07, 6.45) is 0. The molecule has 0 aliphatic carbocycles. The van der Waals surface area contributed by atoms with Crippen molar-refractivity contribution in [3.8, 4) is 17.2 Å². The fourth-order valence-electron chi connectivity index (χ4n) is 1.20. The number of benzene rings is 1. The number of carbonyl (C=O) groups is 1. The van der Waals surface area contributed by atoms with Gasteiger partial charge in [-0.15, -0.1) is 12.4 Å². The minimum atomic E-state index is -1.08. The smallest absolute Gasteiger partial charge is 0.339 e. The number of aromatic carboxylic acids is 1. The molecule has 1 N–H and O–H groups in total. The highest BCUT2D eigenvalue weighted by atomic mass is 35.5. The molecule has 0 aromatic heterocycles. The van der Waals surface area contributed by atoms with Crippen molar-refractivity contribution in [3.63, 3.8) is 0 Å². The summed E-state index contributed by atoms with van der Waals surface area (Å²) in [6, 6.07) is 2.84. The van der Waals surface area contributed by atoms with Crippen molar-refractivity contribution in [3.05, 3.63) is 17.7 Å². The van der Waals surface area contributed by atoms with Crippen LogP contribution in [0.4, 0.5) is 0 Å². The van der Waals surface area contributed by atoms with Crippen molar-refractivity contribution in [2.75, 3.05) is 21.3 Å². The van der Waals surface area contributed by atoms with Gasteiger partial charge in [0.2, 0.25) is 0 Å². The Morgan fingerprint density at radius 3 is 1.81 bits per heavy atom. The lowest BCUT2D eigenvalue weighted by atomic mass is 10.2. The van der Waals surface area contributed by atoms with Gasteiger partial charge in [0, 0.05) is 12.1 Å². The zero-order chi connectivity index (χ0) is 11.4. The Kier molecular flexibility index (Phi) is 5.46. The maximum absolute atomic E-state index is 10.9. The zero-order valence-corrected chi connectivity index (χ0v) is 9.96. The van der Waals surface area contributed by atoms with Gasteiger partial charge in [-0.25, -0.2) is 4.79 Å². The minimum absolute atomic E-state index is 0. The molecule has 0 saturated carbocycles. The highest BCUT2D eigenvalue weighted by Crippen LogP contribution is 2.34. The average Bonchev–Trinajstić information content (AvgIpc) is 2.26. The average molecular weight is 249 g/mol. The van der Waals surface area contributed by atoms with Gasteiger partial charge in [0.1, 0.15) is 11.3 Å². The molecule has 0 unspecified atom stereocenters. The number of methoxy groups -OCH3 is 3. The van der Waals surface area contributed by atoms with E-state index in [1.807, 2.05) is 0 Å². The molecule has 16 heavy (non-hydrogen) atoms. The Morgan fingerprint density at radius 2 is 1.44 bits per heavy atom. The van der Waals surface area contributed by atoms with Crippen LogP contribution in [0, 0.1) is 0 Å². The summed E-state index contributed by atoms with van der Waals surface area (Å²) in [5.41, 5.74) is 0.0372. The van der Waals surface area contributed by atoms with E-state index >= 15 is 0 Å². The standard InChI is InChI=1S/C10H12O5.ClH/c1-13-7-5-9(15-3)8(14-2)4-6(7)10(11)12;/h4-5H,1-3H3,(H,11,12);1H. The number of hydrogen-bond acceptors (Lipinski definition) is 4. The van der Waals surface area contributed by atoms with Gasteiger partial charge in [-0.05, 0) is 0 Å². The third kappa shape index (κ3) is 2.70. The zero-order valence-electron chi connectivity index (χ0n) is 9.14. The molecule has 90 valence electrons. The molecule has 0 bridgehead atoms. The SMILES string of the molecule is COc1cc(OC)c(C(=O)O)cc1OC.Cl. The fourth-order valence-corrected chi connectivity index (χ4v) is 1.20. The molecule has 0 aliphatic heterocycles.